The van der Waals surface area contributed by atoms with E-state index in [9.17, 15) is 4.79 Å². The third kappa shape index (κ3) is 4.55. The van der Waals surface area contributed by atoms with E-state index in [2.05, 4.69) is 20.3 Å². The van der Waals surface area contributed by atoms with E-state index in [1.807, 2.05) is 35.8 Å². The van der Waals surface area contributed by atoms with Gasteiger partial charge in [0.25, 0.3) is 0 Å². The number of carbonyl (C=O) groups excluding carboxylic acids is 1. The van der Waals surface area contributed by atoms with Gasteiger partial charge < -0.3 is 14.8 Å². The van der Waals surface area contributed by atoms with Crippen LogP contribution in [0, 0.1) is 12.8 Å². The van der Waals surface area contributed by atoms with Crippen LogP contribution in [-0.2, 0) is 17.8 Å². The summed E-state index contributed by atoms with van der Waals surface area (Å²) in [5.74, 6) is 2.41. The molecule has 0 radical (unpaired) electrons. The number of nitrogens with one attached hydrogen (secondary N) is 1. The lowest BCUT2D eigenvalue weighted by atomic mass is 9.95. The first kappa shape index (κ1) is 17.4. The molecular weight excluding hydrogens is 316 g/mol. The zero-order valence-electron chi connectivity index (χ0n) is 15.0. The largest absolute Gasteiger partial charge is 0.372 e. The van der Waals surface area contributed by atoms with Crippen molar-refractivity contribution in [3.63, 3.8) is 0 Å². The number of aryl methyl sites for hydroxylation is 1. The van der Waals surface area contributed by atoms with Crippen molar-refractivity contribution in [3.8, 4) is 0 Å². The number of imidazole rings is 1. The first-order chi connectivity index (χ1) is 12.2. The average molecular weight is 342 g/mol. The summed E-state index contributed by atoms with van der Waals surface area (Å²) >= 11 is 0. The van der Waals surface area contributed by atoms with Crippen LogP contribution in [0.15, 0.2) is 24.8 Å². The predicted octanol–water partition coefficient (Wildman–Crippen LogP) is 1.89. The van der Waals surface area contributed by atoms with Crippen LogP contribution in [0.25, 0.3) is 0 Å². The molecule has 0 spiro atoms. The molecule has 1 saturated heterocycles. The van der Waals surface area contributed by atoms with Gasteiger partial charge in [0.15, 0.2) is 0 Å². The minimum atomic E-state index is 0.180. The molecule has 0 bridgehead atoms. The van der Waals surface area contributed by atoms with Gasteiger partial charge in [0.2, 0.25) is 5.91 Å². The van der Waals surface area contributed by atoms with Crippen LogP contribution in [0.4, 0.5) is 5.82 Å². The highest BCUT2D eigenvalue weighted by Crippen LogP contribution is 2.21. The Hall–Kier alpha value is -2.44. The highest BCUT2D eigenvalue weighted by Gasteiger charge is 2.21. The Morgan fingerprint density at radius 2 is 2.12 bits per heavy atom. The zero-order valence-corrected chi connectivity index (χ0v) is 15.0. The SMILES string of the molecule is CNc1cnc(C[C@@H]2CCCN(C(=O)Cn3ccnc3C)CC2)cn1. The molecule has 0 saturated carbocycles. The topological polar surface area (TPSA) is 75.9 Å². The molecule has 0 aliphatic carbocycles. The molecule has 3 heterocycles. The fourth-order valence-corrected chi connectivity index (χ4v) is 3.32. The quantitative estimate of drug-likeness (QED) is 0.898. The number of hydrogen-bond acceptors (Lipinski definition) is 5. The second-order valence-corrected chi connectivity index (χ2v) is 6.63. The zero-order chi connectivity index (χ0) is 17.6. The Bertz CT molecular complexity index is 696. The van der Waals surface area contributed by atoms with E-state index in [0.29, 0.717) is 12.5 Å². The van der Waals surface area contributed by atoms with Crippen molar-refractivity contribution in [2.75, 3.05) is 25.5 Å². The summed E-state index contributed by atoms with van der Waals surface area (Å²) in [6.45, 7) is 3.96. The molecule has 3 rings (SSSR count). The van der Waals surface area contributed by atoms with Gasteiger partial charge in [-0.1, -0.05) is 0 Å². The van der Waals surface area contributed by atoms with E-state index in [-0.39, 0.29) is 5.91 Å². The molecule has 1 aliphatic heterocycles. The molecule has 7 heteroatoms. The molecule has 1 atom stereocenters. The Balaban J connectivity index is 1.52. The molecule has 2 aromatic rings. The predicted molar refractivity (Wildman–Crippen MR) is 96.2 cm³/mol. The molecule has 2 aromatic heterocycles. The number of carbonyl (C=O) groups is 1. The first-order valence-electron chi connectivity index (χ1n) is 8.90. The second kappa shape index (κ2) is 8.09. The van der Waals surface area contributed by atoms with Crippen molar-refractivity contribution in [3.05, 3.63) is 36.3 Å². The van der Waals surface area contributed by atoms with Crippen LogP contribution in [-0.4, -0.2) is 50.5 Å². The fraction of sp³-hybridized carbons (Fsp3) is 0.556. The van der Waals surface area contributed by atoms with Gasteiger partial charge >= 0.3 is 0 Å². The molecule has 1 amide bonds. The van der Waals surface area contributed by atoms with Gasteiger partial charge in [-0.2, -0.15) is 0 Å². The van der Waals surface area contributed by atoms with Gasteiger partial charge in [0.05, 0.1) is 18.1 Å². The van der Waals surface area contributed by atoms with Crippen molar-refractivity contribution in [1.29, 1.82) is 0 Å². The molecule has 134 valence electrons. The van der Waals surface area contributed by atoms with Crippen LogP contribution >= 0.6 is 0 Å². The van der Waals surface area contributed by atoms with Gasteiger partial charge in [-0.25, -0.2) is 9.97 Å². The Morgan fingerprint density at radius 1 is 1.24 bits per heavy atom. The van der Waals surface area contributed by atoms with Crippen molar-refractivity contribution in [1.82, 2.24) is 24.4 Å². The summed E-state index contributed by atoms with van der Waals surface area (Å²) < 4.78 is 1.91. The minimum Gasteiger partial charge on any atom is -0.372 e. The highest BCUT2D eigenvalue weighted by molar-refractivity contribution is 5.76. The maximum absolute atomic E-state index is 12.6. The second-order valence-electron chi connectivity index (χ2n) is 6.63. The van der Waals surface area contributed by atoms with E-state index in [1.165, 1.54) is 0 Å². The number of anilines is 1. The summed E-state index contributed by atoms with van der Waals surface area (Å²) in [6, 6.07) is 0. The molecule has 1 N–H and O–H groups in total. The fourth-order valence-electron chi connectivity index (χ4n) is 3.32. The Kier molecular flexibility index (Phi) is 5.63. The standard InChI is InChI=1S/C18H26N6O/c1-14-20-6-9-24(14)13-18(25)23-7-3-4-15(5-8-23)10-16-11-22-17(19-2)12-21-16/h6,9,11-12,15H,3-5,7-8,10,13H2,1-2H3,(H,19,22)/t15-/m1/s1. The number of nitrogens with zero attached hydrogens (tertiary/aromatic N) is 5. The number of aromatic nitrogens is 4. The summed E-state index contributed by atoms with van der Waals surface area (Å²) in [5.41, 5.74) is 1.03. The number of likely N-dealkylation sites (tertiary alicyclic amines) is 1. The van der Waals surface area contributed by atoms with Crippen LogP contribution in [0.2, 0.25) is 0 Å². The number of rotatable bonds is 5. The highest BCUT2D eigenvalue weighted by atomic mass is 16.2. The average Bonchev–Trinajstić information content (AvgIpc) is 2.88. The summed E-state index contributed by atoms with van der Waals surface area (Å²) in [7, 11) is 1.84. The summed E-state index contributed by atoms with van der Waals surface area (Å²) in [6.07, 6.45) is 11.3. The van der Waals surface area contributed by atoms with Gasteiger partial charge in [0, 0.05) is 32.5 Å². The van der Waals surface area contributed by atoms with Gasteiger partial charge in [0.1, 0.15) is 18.2 Å². The molecule has 25 heavy (non-hydrogen) atoms. The van der Waals surface area contributed by atoms with Crippen LogP contribution < -0.4 is 5.32 Å². The van der Waals surface area contributed by atoms with E-state index in [4.69, 9.17) is 0 Å². The lowest BCUT2D eigenvalue weighted by Gasteiger charge is -2.21. The van der Waals surface area contributed by atoms with Crippen LogP contribution in [0.5, 0.6) is 0 Å². The molecule has 0 unspecified atom stereocenters. The molecule has 1 aliphatic rings. The lowest BCUT2D eigenvalue weighted by molar-refractivity contribution is -0.131. The van der Waals surface area contributed by atoms with E-state index >= 15 is 0 Å². The summed E-state index contributed by atoms with van der Waals surface area (Å²) in [4.78, 5) is 27.5. The van der Waals surface area contributed by atoms with Gasteiger partial charge in [-0.15, -0.1) is 0 Å². The third-order valence-corrected chi connectivity index (χ3v) is 4.89. The summed E-state index contributed by atoms with van der Waals surface area (Å²) in [5, 5.41) is 2.98. The Labute approximate surface area is 148 Å². The third-order valence-electron chi connectivity index (χ3n) is 4.89. The van der Waals surface area contributed by atoms with Crippen molar-refractivity contribution >= 4 is 11.7 Å². The number of hydrogen-bond donors (Lipinski definition) is 1. The number of amides is 1. The van der Waals surface area contributed by atoms with Gasteiger partial charge in [-0.3, -0.25) is 9.78 Å². The van der Waals surface area contributed by atoms with E-state index < -0.39 is 0 Å². The maximum Gasteiger partial charge on any atom is 0.242 e. The molecular formula is C18H26N6O. The smallest absolute Gasteiger partial charge is 0.242 e. The van der Waals surface area contributed by atoms with Gasteiger partial charge in [-0.05, 0) is 38.5 Å². The lowest BCUT2D eigenvalue weighted by Crippen LogP contribution is -2.34. The Morgan fingerprint density at radius 3 is 2.80 bits per heavy atom. The van der Waals surface area contributed by atoms with Crippen molar-refractivity contribution in [2.24, 2.45) is 5.92 Å². The van der Waals surface area contributed by atoms with Crippen LogP contribution in [0.1, 0.15) is 30.8 Å². The maximum atomic E-state index is 12.6. The van der Waals surface area contributed by atoms with Crippen molar-refractivity contribution in [2.45, 2.75) is 39.2 Å². The van der Waals surface area contributed by atoms with Crippen LogP contribution in [0.3, 0.4) is 0 Å². The molecule has 0 aromatic carbocycles. The normalized spacial score (nSPS) is 18.0. The van der Waals surface area contributed by atoms with E-state index in [0.717, 1.165) is 56.1 Å². The first-order valence-corrected chi connectivity index (χ1v) is 8.90. The van der Waals surface area contributed by atoms with E-state index in [1.54, 1.807) is 12.4 Å². The van der Waals surface area contributed by atoms with Crippen molar-refractivity contribution < 1.29 is 4.79 Å². The molecule has 1 fully saturated rings. The minimum absolute atomic E-state index is 0.180. The molecule has 7 nitrogen and oxygen atoms in total. The monoisotopic (exact) mass is 342 g/mol.